The van der Waals surface area contributed by atoms with Crippen LogP contribution < -0.4 is 9.80 Å². The molecule has 0 aromatic heterocycles. The molecule has 0 amide bonds. The average molecular weight is 567 g/mol. The van der Waals surface area contributed by atoms with Gasteiger partial charge in [-0.2, -0.15) is 0 Å². The summed E-state index contributed by atoms with van der Waals surface area (Å²) in [6, 6.07) is 48.4. The Hall–Kier alpha value is -4.30. The van der Waals surface area contributed by atoms with Gasteiger partial charge in [0, 0.05) is 34.1 Å². The largest absolute Gasteiger partial charge is 0.311 e. The molecule has 2 heteroatoms. The molecular formula is C41H46N2. The Morgan fingerprint density at radius 2 is 0.698 bits per heavy atom. The van der Waals surface area contributed by atoms with Crippen LogP contribution in [0.1, 0.15) is 71.9 Å². The van der Waals surface area contributed by atoms with Gasteiger partial charge in [0.25, 0.3) is 0 Å². The van der Waals surface area contributed by atoms with Crippen molar-refractivity contribution in [2.75, 3.05) is 9.80 Å². The summed E-state index contributed by atoms with van der Waals surface area (Å²) in [5.74, 6) is 0. The second-order valence-corrected chi connectivity index (χ2v) is 12.8. The third-order valence-corrected chi connectivity index (χ3v) is 8.97. The zero-order valence-electron chi connectivity index (χ0n) is 26.7. The van der Waals surface area contributed by atoms with Crippen LogP contribution in [-0.4, -0.2) is 0 Å². The number of rotatable bonds is 11. The molecule has 5 aromatic carbocycles. The molecule has 0 N–H and O–H groups in total. The fraction of sp³-hybridized carbons (Fsp3) is 0.268. The second-order valence-electron chi connectivity index (χ2n) is 12.8. The summed E-state index contributed by atoms with van der Waals surface area (Å²) in [6.45, 7) is 13.9. The number of benzene rings is 5. The van der Waals surface area contributed by atoms with Crippen molar-refractivity contribution in [3.8, 4) is 0 Å². The maximum absolute atomic E-state index is 2.37. The van der Waals surface area contributed by atoms with E-state index in [4.69, 9.17) is 0 Å². The maximum Gasteiger partial charge on any atom is 0.0463 e. The predicted molar refractivity (Wildman–Crippen MR) is 187 cm³/mol. The summed E-state index contributed by atoms with van der Waals surface area (Å²) in [5, 5.41) is 0. The number of hydrogen-bond acceptors (Lipinski definition) is 2. The molecule has 0 spiro atoms. The van der Waals surface area contributed by atoms with E-state index in [0.717, 1.165) is 40.5 Å². The fourth-order valence-corrected chi connectivity index (χ4v) is 5.90. The Kier molecular flexibility index (Phi) is 9.06. The van der Waals surface area contributed by atoms with E-state index in [-0.39, 0.29) is 10.8 Å². The lowest BCUT2D eigenvalue weighted by atomic mass is 9.80. The third-order valence-electron chi connectivity index (χ3n) is 8.97. The molecule has 0 heterocycles. The Bertz CT molecular complexity index is 1530. The van der Waals surface area contributed by atoms with Crippen molar-refractivity contribution in [3.63, 3.8) is 0 Å². The molecule has 0 aliphatic carbocycles. The van der Waals surface area contributed by atoms with Crippen LogP contribution in [0, 0.1) is 0 Å². The molecule has 2 nitrogen and oxygen atoms in total. The Labute approximate surface area is 259 Å². The molecule has 0 bridgehead atoms. The summed E-state index contributed by atoms with van der Waals surface area (Å²) >= 11 is 0. The first-order chi connectivity index (χ1) is 20.7. The molecule has 0 fully saturated rings. The molecule has 0 radical (unpaired) electrons. The standard InChI is InChI=1S/C41H46N2/c1-7-31-41(5,6)33-21-25-37(26-22-33)43(36-23-19-32(20-24-36)40(3,4)8-2)39-29-27-38(28-30-39)42(34-15-11-9-12-16-34)35-17-13-10-14-18-35/h9-30H,7-8,31H2,1-6H3. The van der Waals surface area contributed by atoms with Gasteiger partial charge >= 0.3 is 0 Å². The van der Waals surface area contributed by atoms with Gasteiger partial charge in [-0.3, -0.25) is 0 Å². The number of para-hydroxylation sites is 2. The van der Waals surface area contributed by atoms with E-state index in [1.54, 1.807) is 0 Å². The minimum atomic E-state index is 0.149. The van der Waals surface area contributed by atoms with E-state index in [1.165, 1.54) is 24.0 Å². The lowest BCUT2D eigenvalue weighted by Crippen LogP contribution is -2.17. The first kappa shape index (κ1) is 30.2. The van der Waals surface area contributed by atoms with Crippen LogP contribution in [0.5, 0.6) is 0 Å². The molecule has 0 unspecified atom stereocenters. The van der Waals surface area contributed by atoms with Crippen molar-refractivity contribution in [2.45, 2.75) is 71.6 Å². The summed E-state index contributed by atoms with van der Waals surface area (Å²) in [5.41, 5.74) is 9.91. The number of hydrogen-bond donors (Lipinski definition) is 0. The molecule has 0 saturated heterocycles. The fourth-order valence-electron chi connectivity index (χ4n) is 5.90. The quantitative estimate of drug-likeness (QED) is 0.157. The van der Waals surface area contributed by atoms with Gasteiger partial charge in [-0.05, 0) is 108 Å². The van der Waals surface area contributed by atoms with Crippen LogP contribution in [0.4, 0.5) is 34.1 Å². The van der Waals surface area contributed by atoms with Crippen LogP contribution in [-0.2, 0) is 10.8 Å². The van der Waals surface area contributed by atoms with Gasteiger partial charge in [0.05, 0.1) is 0 Å². The van der Waals surface area contributed by atoms with E-state index in [0.29, 0.717) is 0 Å². The molecule has 5 aromatic rings. The first-order valence-electron chi connectivity index (χ1n) is 15.7. The zero-order chi connectivity index (χ0) is 30.5. The van der Waals surface area contributed by atoms with Crippen LogP contribution in [0.15, 0.2) is 133 Å². The average Bonchev–Trinajstić information content (AvgIpc) is 3.04. The van der Waals surface area contributed by atoms with Gasteiger partial charge in [-0.25, -0.2) is 0 Å². The maximum atomic E-state index is 2.37. The Morgan fingerprint density at radius 1 is 0.395 bits per heavy atom. The van der Waals surface area contributed by atoms with Crippen LogP contribution in [0.2, 0.25) is 0 Å². The number of nitrogens with zero attached hydrogens (tertiary/aromatic N) is 2. The van der Waals surface area contributed by atoms with E-state index < -0.39 is 0 Å². The van der Waals surface area contributed by atoms with Gasteiger partial charge < -0.3 is 9.80 Å². The minimum absolute atomic E-state index is 0.149. The third kappa shape index (κ3) is 6.70. The molecule has 43 heavy (non-hydrogen) atoms. The van der Waals surface area contributed by atoms with Gasteiger partial charge in [0.2, 0.25) is 0 Å². The van der Waals surface area contributed by atoms with Crippen LogP contribution >= 0.6 is 0 Å². The lowest BCUT2D eigenvalue weighted by molar-refractivity contribution is 0.473. The van der Waals surface area contributed by atoms with Gasteiger partial charge in [0.1, 0.15) is 0 Å². The van der Waals surface area contributed by atoms with Crippen molar-refractivity contribution < 1.29 is 0 Å². The highest BCUT2D eigenvalue weighted by Crippen LogP contribution is 2.40. The smallest absolute Gasteiger partial charge is 0.0463 e. The van der Waals surface area contributed by atoms with Crippen molar-refractivity contribution >= 4 is 34.1 Å². The van der Waals surface area contributed by atoms with Crippen molar-refractivity contribution in [2.24, 2.45) is 0 Å². The highest BCUT2D eigenvalue weighted by molar-refractivity contribution is 5.81. The monoisotopic (exact) mass is 566 g/mol. The van der Waals surface area contributed by atoms with Crippen molar-refractivity contribution in [3.05, 3.63) is 145 Å². The van der Waals surface area contributed by atoms with E-state index >= 15 is 0 Å². The molecule has 0 saturated carbocycles. The molecule has 0 aliphatic rings. The SMILES string of the molecule is CCCC(C)(C)c1ccc(N(c2ccc(N(c3ccccc3)c3ccccc3)cc2)c2ccc(C(C)(C)CC)cc2)cc1. The summed E-state index contributed by atoms with van der Waals surface area (Å²) in [7, 11) is 0. The summed E-state index contributed by atoms with van der Waals surface area (Å²) in [6.07, 6.45) is 3.45. The topological polar surface area (TPSA) is 6.48 Å². The Morgan fingerprint density at radius 3 is 1.02 bits per heavy atom. The predicted octanol–water partition coefficient (Wildman–Crippen LogP) is 12.4. The second kappa shape index (κ2) is 12.9. The Balaban J connectivity index is 1.56. The molecule has 5 rings (SSSR count). The van der Waals surface area contributed by atoms with E-state index in [2.05, 4.69) is 185 Å². The minimum Gasteiger partial charge on any atom is -0.311 e. The molecule has 0 aliphatic heterocycles. The first-order valence-corrected chi connectivity index (χ1v) is 15.7. The van der Waals surface area contributed by atoms with Gasteiger partial charge in [-0.15, -0.1) is 0 Å². The molecular weight excluding hydrogens is 520 g/mol. The van der Waals surface area contributed by atoms with Crippen LogP contribution in [0.3, 0.4) is 0 Å². The van der Waals surface area contributed by atoms with E-state index in [9.17, 15) is 0 Å². The number of anilines is 6. The molecule has 220 valence electrons. The highest BCUT2D eigenvalue weighted by Gasteiger charge is 2.22. The highest BCUT2D eigenvalue weighted by atomic mass is 15.2. The van der Waals surface area contributed by atoms with Crippen LogP contribution in [0.25, 0.3) is 0 Å². The summed E-state index contributed by atoms with van der Waals surface area (Å²) in [4.78, 5) is 4.68. The zero-order valence-corrected chi connectivity index (χ0v) is 26.7. The van der Waals surface area contributed by atoms with Gasteiger partial charge in [0.15, 0.2) is 0 Å². The van der Waals surface area contributed by atoms with Gasteiger partial charge in [-0.1, -0.05) is 109 Å². The molecule has 0 atom stereocenters. The van der Waals surface area contributed by atoms with Crippen molar-refractivity contribution in [1.82, 2.24) is 0 Å². The lowest BCUT2D eigenvalue weighted by Gasteiger charge is -2.30. The van der Waals surface area contributed by atoms with E-state index in [1.807, 2.05) is 0 Å². The summed E-state index contributed by atoms with van der Waals surface area (Å²) < 4.78 is 0. The normalized spacial score (nSPS) is 11.8. The van der Waals surface area contributed by atoms with Crippen molar-refractivity contribution in [1.29, 1.82) is 0 Å².